The monoisotopic (exact) mass is 319 g/mol. The molecule has 1 rings (SSSR count). The predicted molar refractivity (Wildman–Crippen MR) is 77.9 cm³/mol. The van der Waals surface area contributed by atoms with E-state index >= 15 is 0 Å². The lowest BCUT2D eigenvalue weighted by Gasteiger charge is -2.08. The third-order valence-corrected chi connectivity index (χ3v) is 4.36. The number of rotatable bonds is 10. The highest BCUT2D eigenvalue weighted by Gasteiger charge is 2.15. The molecule has 1 aromatic carbocycles. The van der Waals surface area contributed by atoms with Crippen molar-refractivity contribution in [3.05, 3.63) is 29.6 Å². The first-order chi connectivity index (χ1) is 10.0. The molecule has 0 amide bonds. The van der Waals surface area contributed by atoms with Crippen molar-refractivity contribution in [2.24, 2.45) is 0 Å². The Bertz CT molecular complexity index is 534. The van der Waals surface area contributed by atoms with Gasteiger partial charge in [-0.3, -0.25) is 0 Å². The number of nitrogens with one attached hydrogen (secondary N) is 1. The second-order valence-electron chi connectivity index (χ2n) is 4.63. The molecule has 21 heavy (non-hydrogen) atoms. The molecule has 0 saturated carbocycles. The van der Waals surface area contributed by atoms with E-state index in [1.54, 1.807) is 0 Å². The zero-order chi connectivity index (χ0) is 15.7. The number of hydrogen-bond donors (Lipinski definition) is 2. The predicted octanol–water partition coefficient (Wildman–Crippen LogP) is 1.80. The van der Waals surface area contributed by atoms with E-state index in [1.807, 2.05) is 0 Å². The number of ether oxygens (including phenoxy) is 1. The average molecular weight is 319 g/mol. The van der Waals surface area contributed by atoms with Crippen LogP contribution in [0.15, 0.2) is 23.1 Å². The van der Waals surface area contributed by atoms with Gasteiger partial charge in [-0.25, -0.2) is 17.5 Å². The van der Waals surface area contributed by atoms with Gasteiger partial charge in [0.2, 0.25) is 10.0 Å². The van der Waals surface area contributed by atoms with Crippen molar-refractivity contribution in [3.8, 4) is 0 Å². The summed E-state index contributed by atoms with van der Waals surface area (Å²) >= 11 is 0. The van der Waals surface area contributed by atoms with Crippen LogP contribution in [0, 0.1) is 5.82 Å². The Morgan fingerprint density at radius 2 is 2.00 bits per heavy atom. The topological polar surface area (TPSA) is 75.6 Å². The molecule has 5 nitrogen and oxygen atoms in total. The highest BCUT2D eigenvalue weighted by Crippen LogP contribution is 2.15. The fraction of sp³-hybridized carbons (Fsp3) is 0.571. The molecule has 1 aromatic rings. The second kappa shape index (κ2) is 9.09. The van der Waals surface area contributed by atoms with Crippen LogP contribution in [0.2, 0.25) is 0 Å². The number of aliphatic hydroxyl groups is 1. The minimum atomic E-state index is -3.69. The maximum Gasteiger partial charge on any atom is 0.240 e. The quantitative estimate of drug-likeness (QED) is 0.645. The Balaban J connectivity index is 2.46. The summed E-state index contributed by atoms with van der Waals surface area (Å²) in [6, 6.07) is 3.35. The van der Waals surface area contributed by atoms with E-state index in [2.05, 4.69) is 11.6 Å². The fourth-order valence-electron chi connectivity index (χ4n) is 1.65. The van der Waals surface area contributed by atoms with E-state index in [4.69, 9.17) is 9.84 Å². The van der Waals surface area contributed by atoms with Crippen LogP contribution in [0.1, 0.15) is 31.7 Å². The lowest BCUT2D eigenvalue weighted by Crippen LogP contribution is -2.25. The van der Waals surface area contributed by atoms with Gasteiger partial charge in [0.1, 0.15) is 5.82 Å². The first kappa shape index (κ1) is 18.0. The molecule has 0 heterocycles. The van der Waals surface area contributed by atoms with Gasteiger partial charge < -0.3 is 9.84 Å². The van der Waals surface area contributed by atoms with Gasteiger partial charge in [-0.2, -0.15) is 0 Å². The van der Waals surface area contributed by atoms with Crippen molar-refractivity contribution in [3.63, 3.8) is 0 Å². The second-order valence-corrected chi connectivity index (χ2v) is 6.40. The van der Waals surface area contributed by atoms with Crippen LogP contribution in [-0.2, 0) is 21.4 Å². The Hall–Kier alpha value is -1.02. The molecule has 0 aromatic heterocycles. The molecule has 0 radical (unpaired) electrons. The maximum atomic E-state index is 13.2. The minimum absolute atomic E-state index is 0.0410. The molecule has 0 saturated heterocycles. The highest BCUT2D eigenvalue weighted by molar-refractivity contribution is 7.89. The lowest BCUT2D eigenvalue weighted by molar-refractivity contribution is 0.130. The number of sulfonamides is 1. The third-order valence-electron chi connectivity index (χ3n) is 2.90. The van der Waals surface area contributed by atoms with E-state index < -0.39 is 22.4 Å². The van der Waals surface area contributed by atoms with Gasteiger partial charge in [-0.05, 0) is 31.0 Å². The summed E-state index contributed by atoms with van der Waals surface area (Å²) in [5.41, 5.74) is -0.0410. The number of halogens is 1. The third kappa shape index (κ3) is 6.09. The molecule has 0 bridgehead atoms. The van der Waals surface area contributed by atoms with Crippen LogP contribution in [0.4, 0.5) is 4.39 Å². The zero-order valence-corrected chi connectivity index (χ0v) is 13.0. The van der Waals surface area contributed by atoms with Gasteiger partial charge in [0.15, 0.2) is 0 Å². The molecule has 120 valence electrons. The standard InChI is InChI=1S/C14H22FNO4S/c1-2-3-8-20-9-4-7-16-21(18,19)13-5-6-14(15)12(10-13)11-17/h5-6,10,16-17H,2-4,7-9,11H2,1H3. The van der Waals surface area contributed by atoms with Crippen molar-refractivity contribution in [1.29, 1.82) is 0 Å². The van der Waals surface area contributed by atoms with Crippen LogP contribution in [0.3, 0.4) is 0 Å². The zero-order valence-electron chi connectivity index (χ0n) is 12.1. The van der Waals surface area contributed by atoms with Gasteiger partial charge in [0.05, 0.1) is 11.5 Å². The van der Waals surface area contributed by atoms with Gasteiger partial charge >= 0.3 is 0 Å². The number of hydrogen-bond acceptors (Lipinski definition) is 4. The minimum Gasteiger partial charge on any atom is -0.392 e. The van der Waals surface area contributed by atoms with Crippen LogP contribution in [0.25, 0.3) is 0 Å². The number of aliphatic hydroxyl groups excluding tert-OH is 1. The number of benzene rings is 1. The number of unbranched alkanes of at least 4 members (excludes halogenated alkanes) is 1. The Morgan fingerprint density at radius 1 is 1.29 bits per heavy atom. The molecule has 0 fully saturated rings. The molecule has 7 heteroatoms. The van der Waals surface area contributed by atoms with Gasteiger partial charge in [-0.15, -0.1) is 0 Å². The molecular formula is C14H22FNO4S. The summed E-state index contributed by atoms with van der Waals surface area (Å²) in [5.74, 6) is -0.624. The summed E-state index contributed by atoms with van der Waals surface area (Å²) in [6.07, 6.45) is 2.62. The first-order valence-corrected chi connectivity index (χ1v) is 8.46. The summed E-state index contributed by atoms with van der Waals surface area (Å²) in [5, 5.41) is 8.95. The molecule has 2 N–H and O–H groups in total. The Labute approximate surface area is 125 Å². The summed E-state index contributed by atoms with van der Waals surface area (Å²) in [7, 11) is -3.69. The normalized spacial score (nSPS) is 11.8. The van der Waals surface area contributed by atoms with Crippen molar-refractivity contribution in [2.75, 3.05) is 19.8 Å². The SMILES string of the molecule is CCCCOCCCNS(=O)(=O)c1ccc(F)c(CO)c1. The molecule has 0 aliphatic heterocycles. The van der Waals surface area contributed by atoms with Crippen LogP contribution < -0.4 is 4.72 Å². The van der Waals surface area contributed by atoms with Crippen molar-refractivity contribution in [1.82, 2.24) is 4.72 Å². The van der Waals surface area contributed by atoms with Gasteiger partial charge in [-0.1, -0.05) is 13.3 Å². The smallest absolute Gasteiger partial charge is 0.240 e. The summed E-state index contributed by atoms with van der Waals surface area (Å²) in [6.45, 7) is 2.95. The van der Waals surface area contributed by atoms with E-state index in [-0.39, 0.29) is 17.0 Å². The van der Waals surface area contributed by atoms with Crippen LogP contribution in [0.5, 0.6) is 0 Å². The molecule has 0 aliphatic carbocycles. The summed E-state index contributed by atoms with van der Waals surface area (Å²) < 4.78 is 45.0. The van der Waals surface area contributed by atoms with Crippen LogP contribution >= 0.6 is 0 Å². The molecule has 0 atom stereocenters. The van der Waals surface area contributed by atoms with E-state index in [1.165, 1.54) is 6.07 Å². The largest absolute Gasteiger partial charge is 0.392 e. The molecular weight excluding hydrogens is 297 g/mol. The summed E-state index contributed by atoms with van der Waals surface area (Å²) in [4.78, 5) is -0.0557. The molecule has 0 aliphatic rings. The Morgan fingerprint density at radius 3 is 2.67 bits per heavy atom. The van der Waals surface area contributed by atoms with Crippen molar-refractivity contribution < 1.29 is 22.7 Å². The van der Waals surface area contributed by atoms with Crippen molar-refractivity contribution in [2.45, 2.75) is 37.7 Å². The first-order valence-electron chi connectivity index (χ1n) is 6.98. The van der Waals surface area contributed by atoms with E-state index in [9.17, 15) is 12.8 Å². The van der Waals surface area contributed by atoms with Crippen molar-refractivity contribution >= 4 is 10.0 Å². The molecule has 0 spiro atoms. The maximum absolute atomic E-state index is 13.2. The Kier molecular flexibility index (Phi) is 7.81. The van der Waals surface area contributed by atoms with Gasteiger partial charge in [0.25, 0.3) is 0 Å². The lowest BCUT2D eigenvalue weighted by atomic mass is 10.2. The fourth-order valence-corrected chi connectivity index (χ4v) is 2.78. The van der Waals surface area contributed by atoms with E-state index in [0.29, 0.717) is 19.6 Å². The van der Waals surface area contributed by atoms with Crippen LogP contribution in [-0.4, -0.2) is 33.3 Å². The molecule has 0 unspecified atom stereocenters. The highest BCUT2D eigenvalue weighted by atomic mass is 32.2. The van der Waals surface area contributed by atoms with Gasteiger partial charge in [0, 0.05) is 25.3 Å². The van der Waals surface area contributed by atoms with E-state index in [0.717, 1.165) is 25.0 Å². The average Bonchev–Trinajstić information content (AvgIpc) is 2.46.